The Labute approximate surface area is 139 Å². The van der Waals surface area contributed by atoms with Crippen molar-refractivity contribution in [1.82, 2.24) is 19.9 Å². The first kappa shape index (κ1) is 14.7. The maximum absolute atomic E-state index is 12.4. The molecule has 1 atom stereocenters. The minimum Gasteiger partial charge on any atom is -0.309 e. The lowest BCUT2D eigenvalue weighted by Crippen LogP contribution is -2.31. The number of amides is 1. The summed E-state index contributed by atoms with van der Waals surface area (Å²) in [5, 5.41) is 3.24. The van der Waals surface area contributed by atoms with Crippen LogP contribution < -0.4 is 4.90 Å². The molecule has 0 N–H and O–H groups in total. The Kier molecular flexibility index (Phi) is 3.61. The van der Waals surface area contributed by atoms with Crippen LogP contribution in [0.4, 0.5) is 5.69 Å². The van der Waals surface area contributed by atoms with Crippen molar-refractivity contribution < 1.29 is 4.79 Å². The van der Waals surface area contributed by atoms with Crippen molar-refractivity contribution in [2.45, 2.75) is 26.3 Å². The standard InChI is InChI=1S/C16H19N5OS/c1-12-19-13(8-23-12)7-20-3-2-16(9-20)4-15(22)21(10-16)14-5-17-11-18-6-14/h5-6,8,11H,2-4,7,9-10H2,1H3/t16-/m0/s1. The van der Waals surface area contributed by atoms with Gasteiger partial charge in [-0.2, -0.15) is 0 Å². The van der Waals surface area contributed by atoms with E-state index in [0.29, 0.717) is 6.42 Å². The largest absolute Gasteiger partial charge is 0.309 e. The summed E-state index contributed by atoms with van der Waals surface area (Å²) in [4.78, 5) is 29.3. The second-order valence-electron chi connectivity index (χ2n) is 6.57. The molecule has 6 nitrogen and oxygen atoms in total. The van der Waals surface area contributed by atoms with Crippen LogP contribution in [-0.2, 0) is 11.3 Å². The van der Waals surface area contributed by atoms with E-state index in [4.69, 9.17) is 0 Å². The molecule has 7 heteroatoms. The fraction of sp³-hybridized carbons (Fsp3) is 0.500. The van der Waals surface area contributed by atoms with Crippen molar-refractivity contribution in [1.29, 1.82) is 0 Å². The minimum atomic E-state index is 0.0675. The van der Waals surface area contributed by atoms with Crippen LogP contribution in [0.3, 0.4) is 0 Å². The molecule has 23 heavy (non-hydrogen) atoms. The van der Waals surface area contributed by atoms with Gasteiger partial charge in [0.2, 0.25) is 5.91 Å². The second-order valence-corrected chi connectivity index (χ2v) is 7.63. The van der Waals surface area contributed by atoms with Crippen molar-refractivity contribution >= 4 is 22.9 Å². The third-order valence-corrected chi connectivity index (χ3v) is 5.57. The molecule has 0 radical (unpaired) electrons. The fourth-order valence-electron chi connectivity index (χ4n) is 3.71. The highest BCUT2D eigenvalue weighted by Gasteiger charge is 2.47. The van der Waals surface area contributed by atoms with Crippen LogP contribution in [0.25, 0.3) is 0 Å². The van der Waals surface area contributed by atoms with E-state index in [1.54, 1.807) is 23.7 Å². The van der Waals surface area contributed by atoms with Gasteiger partial charge in [0.25, 0.3) is 0 Å². The molecular formula is C16H19N5OS. The van der Waals surface area contributed by atoms with Gasteiger partial charge in [0.1, 0.15) is 6.33 Å². The predicted octanol–water partition coefficient (Wildman–Crippen LogP) is 1.87. The van der Waals surface area contributed by atoms with Crippen LogP contribution in [0.2, 0.25) is 0 Å². The van der Waals surface area contributed by atoms with E-state index in [-0.39, 0.29) is 11.3 Å². The predicted molar refractivity (Wildman–Crippen MR) is 88.2 cm³/mol. The summed E-state index contributed by atoms with van der Waals surface area (Å²) in [6, 6.07) is 0. The Bertz CT molecular complexity index is 718. The zero-order chi connectivity index (χ0) is 15.9. The van der Waals surface area contributed by atoms with Crippen LogP contribution in [-0.4, -0.2) is 45.4 Å². The summed E-state index contributed by atoms with van der Waals surface area (Å²) in [5.41, 5.74) is 2.02. The van der Waals surface area contributed by atoms with Crippen LogP contribution >= 0.6 is 11.3 Å². The highest BCUT2D eigenvalue weighted by atomic mass is 32.1. The molecule has 0 aliphatic carbocycles. The minimum absolute atomic E-state index is 0.0675. The molecule has 0 unspecified atom stereocenters. The Morgan fingerprint density at radius 3 is 2.87 bits per heavy atom. The molecule has 2 saturated heterocycles. The summed E-state index contributed by atoms with van der Waals surface area (Å²) >= 11 is 1.70. The summed E-state index contributed by atoms with van der Waals surface area (Å²) in [5.74, 6) is 0.186. The number of anilines is 1. The fourth-order valence-corrected chi connectivity index (χ4v) is 4.31. The molecule has 4 heterocycles. The maximum Gasteiger partial charge on any atom is 0.227 e. The topological polar surface area (TPSA) is 62.2 Å². The summed E-state index contributed by atoms with van der Waals surface area (Å²) < 4.78 is 0. The second kappa shape index (κ2) is 5.65. The Morgan fingerprint density at radius 1 is 1.30 bits per heavy atom. The lowest BCUT2D eigenvalue weighted by atomic mass is 9.86. The third-order valence-electron chi connectivity index (χ3n) is 4.75. The molecule has 0 aromatic carbocycles. The molecule has 4 rings (SSSR count). The monoisotopic (exact) mass is 329 g/mol. The molecule has 1 amide bonds. The number of hydrogen-bond acceptors (Lipinski definition) is 6. The van der Waals surface area contributed by atoms with E-state index in [1.807, 2.05) is 11.8 Å². The van der Waals surface area contributed by atoms with Gasteiger partial charge >= 0.3 is 0 Å². The van der Waals surface area contributed by atoms with Crippen LogP contribution in [0.15, 0.2) is 24.1 Å². The average Bonchev–Trinajstić information content (AvgIpc) is 3.22. The average molecular weight is 329 g/mol. The zero-order valence-corrected chi connectivity index (χ0v) is 13.9. The highest BCUT2D eigenvalue weighted by molar-refractivity contribution is 7.09. The van der Waals surface area contributed by atoms with Crippen molar-refractivity contribution in [2.75, 3.05) is 24.5 Å². The van der Waals surface area contributed by atoms with E-state index >= 15 is 0 Å². The van der Waals surface area contributed by atoms with Crippen molar-refractivity contribution in [2.24, 2.45) is 5.41 Å². The molecule has 0 saturated carbocycles. The number of aromatic nitrogens is 3. The van der Waals surface area contributed by atoms with Gasteiger partial charge in [-0.3, -0.25) is 9.69 Å². The van der Waals surface area contributed by atoms with Gasteiger partial charge < -0.3 is 4.90 Å². The number of aryl methyl sites for hydroxylation is 1. The highest BCUT2D eigenvalue weighted by Crippen LogP contribution is 2.41. The number of hydrogen-bond donors (Lipinski definition) is 0. The normalized spacial score (nSPS) is 24.9. The Balaban J connectivity index is 1.45. The first-order chi connectivity index (χ1) is 11.1. The Morgan fingerprint density at radius 2 is 2.13 bits per heavy atom. The quantitative estimate of drug-likeness (QED) is 0.860. The SMILES string of the molecule is Cc1nc(CN2CC[C@]3(CC(=O)N(c4cncnc4)C3)C2)cs1. The van der Waals surface area contributed by atoms with Crippen LogP contribution in [0.5, 0.6) is 0 Å². The van der Waals surface area contributed by atoms with E-state index in [9.17, 15) is 4.79 Å². The third kappa shape index (κ3) is 2.86. The van der Waals surface area contributed by atoms with Gasteiger partial charge in [-0.05, 0) is 19.9 Å². The van der Waals surface area contributed by atoms with Crippen molar-refractivity contribution in [3.05, 3.63) is 34.8 Å². The van der Waals surface area contributed by atoms with Gasteiger partial charge in [0.15, 0.2) is 0 Å². The van der Waals surface area contributed by atoms with Crippen molar-refractivity contribution in [3.63, 3.8) is 0 Å². The summed E-state index contributed by atoms with van der Waals surface area (Å²) in [6.45, 7) is 5.68. The van der Waals surface area contributed by atoms with Gasteiger partial charge in [-0.15, -0.1) is 11.3 Å². The molecule has 2 aliphatic heterocycles. The first-order valence-electron chi connectivity index (χ1n) is 7.82. The van der Waals surface area contributed by atoms with E-state index in [0.717, 1.165) is 49.0 Å². The molecule has 2 aromatic heterocycles. The van der Waals surface area contributed by atoms with Gasteiger partial charge in [-0.25, -0.2) is 15.0 Å². The number of nitrogens with zero attached hydrogens (tertiary/aromatic N) is 5. The lowest BCUT2D eigenvalue weighted by molar-refractivity contribution is -0.117. The van der Waals surface area contributed by atoms with E-state index in [1.165, 1.54) is 6.33 Å². The van der Waals surface area contributed by atoms with Gasteiger partial charge in [0, 0.05) is 36.9 Å². The maximum atomic E-state index is 12.4. The molecular weight excluding hydrogens is 310 g/mol. The zero-order valence-electron chi connectivity index (χ0n) is 13.1. The molecule has 2 aliphatic rings. The number of likely N-dealkylation sites (tertiary alicyclic amines) is 1. The number of thiazole rings is 1. The first-order valence-corrected chi connectivity index (χ1v) is 8.70. The van der Waals surface area contributed by atoms with Gasteiger partial charge in [-0.1, -0.05) is 0 Å². The summed E-state index contributed by atoms with van der Waals surface area (Å²) in [7, 11) is 0. The van der Waals surface area contributed by atoms with Crippen LogP contribution in [0, 0.1) is 12.3 Å². The summed E-state index contributed by atoms with van der Waals surface area (Å²) in [6.07, 6.45) is 6.61. The molecule has 1 spiro atoms. The molecule has 120 valence electrons. The molecule has 0 bridgehead atoms. The number of carbonyl (C=O) groups excluding carboxylic acids is 1. The van der Waals surface area contributed by atoms with E-state index in [2.05, 4.69) is 25.2 Å². The Hall–Kier alpha value is -1.86. The number of carbonyl (C=O) groups is 1. The van der Waals surface area contributed by atoms with Crippen LogP contribution in [0.1, 0.15) is 23.5 Å². The van der Waals surface area contributed by atoms with Gasteiger partial charge in [0.05, 0.1) is 28.8 Å². The van der Waals surface area contributed by atoms with E-state index < -0.39 is 0 Å². The number of rotatable bonds is 3. The van der Waals surface area contributed by atoms with Crippen molar-refractivity contribution in [3.8, 4) is 0 Å². The lowest BCUT2D eigenvalue weighted by Gasteiger charge is -2.23. The molecule has 2 aromatic rings. The smallest absolute Gasteiger partial charge is 0.227 e. The molecule has 2 fully saturated rings.